The van der Waals surface area contributed by atoms with Gasteiger partial charge in [-0.3, -0.25) is 9.69 Å². The Morgan fingerprint density at radius 2 is 1.92 bits per heavy atom. The molecule has 1 amide bonds. The molecule has 4 aromatic rings. The molecule has 124 valence electrons. The lowest BCUT2D eigenvalue weighted by molar-refractivity contribution is 0.203. The van der Waals surface area contributed by atoms with Crippen molar-refractivity contribution in [2.75, 3.05) is 11.9 Å². The van der Waals surface area contributed by atoms with Crippen LogP contribution in [0.4, 0.5) is 10.7 Å². The molecule has 0 fully saturated rings. The van der Waals surface area contributed by atoms with Gasteiger partial charge in [0.15, 0.2) is 0 Å². The summed E-state index contributed by atoms with van der Waals surface area (Å²) in [5, 5.41) is 17.0. The van der Waals surface area contributed by atoms with Crippen molar-refractivity contribution in [3.05, 3.63) is 52.8 Å². The van der Waals surface area contributed by atoms with Crippen molar-refractivity contribution >= 4 is 33.8 Å². The van der Waals surface area contributed by atoms with E-state index in [0.717, 1.165) is 15.8 Å². The van der Waals surface area contributed by atoms with Crippen LogP contribution in [0.1, 0.15) is 0 Å². The van der Waals surface area contributed by atoms with Crippen LogP contribution < -0.4 is 10.5 Å². The monoisotopic (exact) mass is 335 g/mol. The average molecular weight is 335 g/mol. The Balaban J connectivity index is 1.89. The Labute approximate surface area is 140 Å². The second-order valence-corrected chi connectivity index (χ2v) is 5.58. The summed E-state index contributed by atoms with van der Waals surface area (Å²) in [4.78, 5) is 31.2. The molecule has 0 atom stereocenters. The number of benzene rings is 2. The highest BCUT2D eigenvalue weighted by Crippen LogP contribution is 2.27. The van der Waals surface area contributed by atoms with Crippen LogP contribution in [-0.4, -0.2) is 38.4 Å². The summed E-state index contributed by atoms with van der Waals surface area (Å²) in [6.07, 6.45) is -1.10. The highest BCUT2D eigenvalue weighted by atomic mass is 16.4. The summed E-state index contributed by atoms with van der Waals surface area (Å²) in [5.41, 5.74) is 2.50. The molecule has 0 saturated heterocycles. The number of nitrogens with zero attached hydrogens (tertiary/aromatic N) is 3. The molecule has 0 spiro atoms. The minimum Gasteiger partial charge on any atom is -0.465 e. The van der Waals surface area contributed by atoms with Gasteiger partial charge >= 0.3 is 6.09 Å². The number of fused-ring (bicyclic) bond motifs is 2. The molecule has 0 saturated carbocycles. The molecule has 0 bridgehead atoms. The van der Waals surface area contributed by atoms with E-state index in [1.54, 1.807) is 18.2 Å². The van der Waals surface area contributed by atoms with Crippen molar-refractivity contribution in [3.8, 4) is 11.3 Å². The van der Waals surface area contributed by atoms with Gasteiger partial charge in [-0.1, -0.05) is 24.3 Å². The maximum atomic E-state index is 11.9. The number of carbonyl (C=O) groups is 1. The second-order valence-electron chi connectivity index (χ2n) is 5.58. The Morgan fingerprint density at radius 1 is 1.16 bits per heavy atom. The lowest BCUT2D eigenvalue weighted by Gasteiger charge is -2.07. The average Bonchev–Trinajstić information content (AvgIpc) is 3.04. The van der Waals surface area contributed by atoms with Gasteiger partial charge in [0.25, 0.3) is 5.56 Å². The maximum Gasteiger partial charge on any atom is 0.413 e. The molecule has 0 radical (unpaired) electrons. The summed E-state index contributed by atoms with van der Waals surface area (Å²) >= 11 is 0. The molecule has 25 heavy (non-hydrogen) atoms. The highest BCUT2D eigenvalue weighted by molar-refractivity contribution is 5.96. The third kappa shape index (κ3) is 2.40. The quantitative estimate of drug-likeness (QED) is 0.521. The Bertz CT molecular complexity index is 1180. The Kier molecular flexibility index (Phi) is 3.24. The van der Waals surface area contributed by atoms with E-state index in [1.807, 2.05) is 24.3 Å². The van der Waals surface area contributed by atoms with E-state index >= 15 is 0 Å². The number of hydrogen-bond donors (Lipinski definition) is 3. The predicted octanol–water partition coefficient (Wildman–Crippen LogP) is 2.58. The van der Waals surface area contributed by atoms with Gasteiger partial charge in [-0.25, -0.2) is 14.9 Å². The van der Waals surface area contributed by atoms with Crippen LogP contribution in [0.25, 0.3) is 33.1 Å². The van der Waals surface area contributed by atoms with E-state index in [9.17, 15) is 9.59 Å². The molecule has 8 nitrogen and oxygen atoms in total. The smallest absolute Gasteiger partial charge is 0.413 e. The second kappa shape index (κ2) is 5.45. The number of carboxylic acid groups (broad SMARTS) is 1. The predicted molar refractivity (Wildman–Crippen MR) is 93.9 cm³/mol. The van der Waals surface area contributed by atoms with Gasteiger partial charge in [-0.2, -0.15) is 5.10 Å². The van der Waals surface area contributed by atoms with Gasteiger partial charge in [0.05, 0.1) is 22.1 Å². The number of aromatic amines is 2. The lowest BCUT2D eigenvalue weighted by atomic mass is 10.0. The first-order chi connectivity index (χ1) is 12.0. The number of nitrogens with one attached hydrogen (secondary N) is 2. The third-order valence-electron chi connectivity index (χ3n) is 4.04. The number of H-pyrrole nitrogens is 2. The molecule has 0 aliphatic heterocycles. The molecular formula is C17H13N5O3. The summed E-state index contributed by atoms with van der Waals surface area (Å²) in [6, 6.07) is 12.7. The van der Waals surface area contributed by atoms with Crippen LogP contribution >= 0.6 is 0 Å². The number of aromatic nitrogens is 4. The van der Waals surface area contributed by atoms with Crippen molar-refractivity contribution in [2.24, 2.45) is 0 Å². The fourth-order valence-corrected chi connectivity index (χ4v) is 2.73. The van der Waals surface area contributed by atoms with Gasteiger partial charge in [-0.05, 0) is 18.2 Å². The van der Waals surface area contributed by atoms with Crippen LogP contribution in [-0.2, 0) is 0 Å². The van der Waals surface area contributed by atoms with Crippen molar-refractivity contribution in [2.45, 2.75) is 0 Å². The van der Waals surface area contributed by atoms with Gasteiger partial charge in [0, 0.05) is 18.0 Å². The van der Waals surface area contributed by atoms with E-state index in [-0.39, 0.29) is 11.5 Å². The maximum absolute atomic E-state index is 11.9. The molecule has 3 N–H and O–H groups in total. The molecule has 2 heterocycles. The summed E-state index contributed by atoms with van der Waals surface area (Å²) in [7, 11) is 1.41. The number of rotatable bonds is 2. The van der Waals surface area contributed by atoms with E-state index in [0.29, 0.717) is 22.1 Å². The van der Waals surface area contributed by atoms with Crippen LogP contribution in [0.5, 0.6) is 0 Å². The summed E-state index contributed by atoms with van der Waals surface area (Å²) < 4.78 is 0. The van der Waals surface area contributed by atoms with Gasteiger partial charge in [0.1, 0.15) is 0 Å². The van der Waals surface area contributed by atoms with Crippen LogP contribution in [0.3, 0.4) is 0 Å². The fraction of sp³-hybridized carbons (Fsp3) is 0.0588. The molecule has 2 aromatic heterocycles. The topological polar surface area (TPSA) is 115 Å². The number of anilines is 1. The van der Waals surface area contributed by atoms with Crippen LogP contribution in [0, 0.1) is 0 Å². The van der Waals surface area contributed by atoms with E-state index in [4.69, 9.17) is 5.11 Å². The van der Waals surface area contributed by atoms with Gasteiger partial charge in [0.2, 0.25) is 5.95 Å². The van der Waals surface area contributed by atoms with Crippen LogP contribution in [0.15, 0.2) is 47.3 Å². The van der Waals surface area contributed by atoms with Crippen molar-refractivity contribution in [3.63, 3.8) is 0 Å². The molecule has 0 aliphatic rings. The molecule has 4 rings (SSSR count). The van der Waals surface area contributed by atoms with E-state index in [2.05, 4.69) is 20.2 Å². The molecule has 2 aromatic carbocycles. The lowest BCUT2D eigenvalue weighted by Crippen LogP contribution is -2.24. The normalized spacial score (nSPS) is 11.1. The number of hydrogen-bond acceptors (Lipinski definition) is 4. The molecule has 0 aliphatic carbocycles. The molecule has 0 unspecified atom stereocenters. The fourth-order valence-electron chi connectivity index (χ4n) is 2.73. The molecular weight excluding hydrogens is 322 g/mol. The van der Waals surface area contributed by atoms with Crippen molar-refractivity contribution in [1.29, 1.82) is 0 Å². The largest absolute Gasteiger partial charge is 0.465 e. The molecule has 8 heteroatoms. The minimum atomic E-state index is -1.10. The summed E-state index contributed by atoms with van der Waals surface area (Å²) in [6.45, 7) is 0. The zero-order valence-electron chi connectivity index (χ0n) is 13.1. The van der Waals surface area contributed by atoms with Gasteiger partial charge in [-0.15, -0.1) is 0 Å². The van der Waals surface area contributed by atoms with Crippen LogP contribution in [0.2, 0.25) is 0 Å². The Morgan fingerprint density at radius 3 is 2.68 bits per heavy atom. The van der Waals surface area contributed by atoms with Crippen molar-refractivity contribution in [1.82, 2.24) is 20.2 Å². The van der Waals surface area contributed by atoms with Gasteiger partial charge < -0.3 is 10.1 Å². The van der Waals surface area contributed by atoms with E-state index in [1.165, 1.54) is 7.05 Å². The minimum absolute atomic E-state index is 0.235. The highest BCUT2D eigenvalue weighted by Gasteiger charge is 2.14. The Hall–Kier alpha value is -3.68. The summed E-state index contributed by atoms with van der Waals surface area (Å²) in [5.74, 6) is 0.235. The first kappa shape index (κ1) is 14.9. The zero-order chi connectivity index (χ0) is 17.6. The SMILES string of the molecule is CN(C(=O)O)c1nc2ccc(-c3n[nH]c(=O)c4ccccc34)cc2[nH]1. The van der Waals surface area contributed by atoms with E-state index < -0.39 is 6.09 Å². The number of imidazole rings is 1. The third-order valence-corrected chi connectivity index (χ3v) is 4.04. The first-order valence-corrected chi connectivity index (χ1v) is 7.49. The zero-order valence-corrected chi connectivity index (χ0v) is 13.1. The first-order valence-electron chi connectivity index (χ1n) is 7.49. The van der Waals surface area contributed by atoms with Crippen molar-refractivity contribution < 1.29 is 9.90 Å². The number of amides is 1. The standard InChI is InChI=1S/C17H13N5O3/c1-22(17(24)25)16-18-12-7-6-9(8-13(12)19-16)14-10-4-2-3-5-11(10)15(23)21-20-14/h2-8H,1H3,(H,18,19)(H,21,23)(H,24,25).